The lowest BCUT2D eigenvalue weighted by atomic mass is 10.0. The number of ether oxygens (including phenoxy) is 2. The van der Waals surface area contributed by atoms with Gasteiger partial charge in [-0.1, -0.05) is 12.1 Å². The first-order chi connectivity index (χ1) is 12.2. The Labute approximate surface area is 146 Å². The zero-order chi connectivity index (χ0) is 17.6. The molecule has 1 aromatic heterocycles. The van der Waals surface area contributed by atoms with E-state index < -0.39 is 0 Å². The van der Waals surface area contributed by atoms with Crippen molar-refractivity contribution in [2.45, 2.75) is 19.4 Å². The fraction of sp³-hybridized carbons (Fsp3) is 0.368. The monoisotopic (exact) mass is 343 g/mol. The largest absolute Gasteiger partial charge is 0.493 e. The number of carbonyl (C=O) groups is 2. The van der Waals surface area contributed by atoms with Gasteiger partial charge < -0.3 is 18.8 Å². The molecule has 0 aliphatic carbocycles. The van der Waals surface area contributed by atoms with E-state index in [1.54, 1.807) is 35.2 Å². The molecule has 3 rings (SSSR count). The van der Waals surface area contributed by atoms with Crippen LogP contribution in [0.2, 0.25) is 0 Å². The summed E-state index contributed by atoms with van der Waals surface area (Å²) in [5.41, 5.74) is 0.502. The van der Waals surface area contributed by atoms with Gasteiger partial charge in [-0.3, -0.25) is 9.59 Å². The number of hydrogen-bond donors (Lipinski definition) is 0. The van der Waals surface area contributed by atoms with Gasteiger partial charge in [-0.25, -0.2) is 0 Å². The molecule has 0 unspecified atom stereocenters. The minimum absolute atomic E-state index is 0.142. The van der Waals surface area contributed by atoms with E-state index in [0.717, 1.165) is 0 Å². The summed E-state index contributed by atoms with van der Waals surface area (Å²) in [5, 5.41) is 0. The molecule has 0 radical (unpaired) electrons. The molecular weight excluding hydrogens is 322 g/mol. The van der Waals surface area contributed by atoms with Crippen molar-refractivity contribution in [3.8, 4) is 5.75 Å². The molecule has 0 saturated carbocycles. The van der Waals surface area contributed by atoms with E-state index in [9.17, 15) is 9.59 Å². The first-order valence-corrected chi connectivity index (χ1v) is 8.38. The van der Waals surface area contributed by atoms with Gasteiger partial charge in [0.25, 0.3) is 5.91 Å². The van der Waals surface area contributed by atoms with E-state index in [1.807, 2.05) is 13.0 Å². The number of rotatable bonds is 6. The summed E-state index contributed by atoms with van der Waals surface area (Å²) in [6.07, 6.45) is 1.63. The van der Waals surface area contributed by atoms with Gasteiger partial charge in [-0.05, 0) is 31.2 Å². The summed E-state index contributed by atoms with van der Waals surface area (Å²) in [4.78, 5) is 27.1. The van der Waals surface area contributed by atoms with Crippen LogP contribution < -0.4 is 4.74 Å². The molecule has 6 nitrogen and oxygen atoms in total. The summed E-state index contributed by atoms with van der Waals surface area (Å²) in [6, 6.07) is 10.1. The molecule has 1 saturated heterocycles. The van der Waals surface area contributed by atoms with Gasteiger partial charge in [0, 0.05) is 13.0 Å². The number of furan rings is 1. The Morgan fingerprint density at radius 1 is 1.24 bits per heavy atom. The Morgan fingerprint density at radius 3 is 2.84 bits per heavy atom. The van der Waals surface area contributed by atoms with Crippen LogP contribution in [0.1, 0.15) is 34.3 Å². The molecule has 132 valence electrons. The lowest BCUT2D eigenvalue weighted by Crippen LogP contribution is -2.49. The SMILES string of the molecule is CCOc1ccccc1C(=O)N1CCOC[C@H]1CC(=O)c1ccco1. The predicted molar refractivity (Wildman–Crippen MR) is 90.9 cm³/mol. The molecule has 1 aliphatic rings. The third-order valence-electron chi connectivity index (χ3n) is 4.12. The zero-order valence-electron chi connectivity index (χ0n) is 14.1. The first-order valence-electron chi connectivity index (χ1n) is 8.38. The Hall–Kier alpha value is -2.60. The van der Waals surface area contributed by atoms with Gasteiger partial charge >= 0.3 is 0 Å². The predicted octanol–water partition coefficient (Wildman–Crippen LogP) is 2.79. The molecule has 1 aliphatic heterocycles. The van der Waals surface area contributed by atoms with Crippen molar-refractivity contribution in [1.82, 2.24) is 4.90 Å². The van der Waals surface area contributed by atoms with Crippen LogP contribution in [0.4, 0.5) is 0 Å². The van der Waals surface area contributed by atoms with Gasteiger partial charge in [-0.2, -0.15) is 0 Å². The van der Waals surface area contributed by atoms with E-state index in [4.69, 9.17) is 13.9 Å². The molecule has 2 heterocycles. The molecule has 0 bridgehead atoms. The average Bonchev–Trinajstić information content (AvgIpc) is 3.17. The molecule has 1 fully saturated rings. The van der Waals surface area contributed by atoms with Crippen molar-refractivity contribution >= 4 is 11.7 Å². The van der Waals surface area contributed by atoms with Crippen LogP contribution in [-0.2, 0) is 4.74 Å². The summed E-state index contributed by atoms with van der Waals surface area (Å²) in [7, 11) is 0. The van der Waals surface area contributed by atoms with Crippen molar-refractivity contribution in [3.05, 3.63) is 54.0 Å². The van der Waals surface area contributed by atoms with Crippen LogP contribution in [0, 0.1) is 0 Å². The summed E-state index contributed by atoms with van der Waals surface area (Å²) in [6.45, 7) is 3.58. The molecule has 1 aromatic carbocycles. The van der Waals surface area contributed by atoms with Crippen molar-refractivity contribution in [2.75, 3.05) is 26.4 Å². The highest BCUT2D eigenvalue weighted by Crippen LogP contribution is 2.23. The van der Waals surface area contributed by atoms with Crippen molar-refractivity contribution in [1.29, 1.82) is 0 Å². The second-order valence-corrected chi connectivity index (χ2v) is 5.76. The van der Waals surface area contributed by atoms with Gasteiger partial charge in [-0.15, -0.1) is 0 Å². The minimum atomic E-state index is -0.325. The number of morpholine rings is 1. The molecule has 0 spiro atoms. The van der Waals surface area contributed by atoms with E-state index in [1.165, 1.54) is 6.26 Å². The van der Waals surface area contributed by atoms with Crippen molar-refractivity contribution < 1.29 is 23.5 Å². The zero-order valence-corrected chi connectivity index (χ0v) is 14.1. The highest BCUT2D eigenvalue weighted by atomic mass is 16.5. The first kappa shape index (κ1) is 17.2. The van der Waals surface area contributed by atoms with E-state index in [-0.39, 0.29) is 24.2 Å². The molecule has 25 heavy (non-hydrogen) atoms. The van der Waals surface area contributed by atoms with Crippen molar-refractivity contribution in [3.63, 3.8) is 0 Å². The molecule has 6 heteroatoms. The number of para-hydroxylation sites is 1. The maximum atomic E-state index is 13.0. The molecule has 0 N–H and O–H groups in total. The maximum absolute atomic E-state index is 13.0. The topological polar surface area (TPSA) is 69.0 Å². The maximum Gasteiger partial charge on any atom is 0.258 e. The molecule has 1 atom stereocenters. The highest BCUT2D eigenvalue weighted by molar-refractivity contribution is 5.98. The smallest absolute Gasteiger partial charge is 0.258 e. The second kappa shape index (κ2) is 7.98. The Bertz CT molecular complexity index is 725. The van der Waals surface area contributed by atoms with Crippen LogP contribution in [0.3, 0.4) is 0 Å². The van der Waals surface area contributed by atoms with Crippen LogP contribution in [-0.4, -0.2) is 49.0 Å². The third-order valence-corrected chi connectivity index (χ3v) is 4.12. The summed E-state index contributed by atoms with van der Waals surface area (Å²) in [5.74, 6) is 0.561. The van der Waals surface area contributed by atoms with Crippen LogP contribution >= 0.6 is 0 Å². The number of hydrogen-bond acceptors (Lipinski definition) is 5. The number of ketones is 1. The van der Waals surface area contributed by atoms with Gasteiger partial charge in [0.1, 0.15) is 5.75 Å². The lowest BCUT2D eigenvalue weighted by Gasteiger charge is -2.35. The lowest BCUT2D eigenvalue weighted by molar-refractivity contribution is -0.00319. The minimum Gasteiger partial charge on any atom is -0.493 e. The average molecular weight is 343 g/mol. The third kappa shape index (κ3) is 3.91. The van der Waals surface area contributed by atoms with Gasteiger partial charge in [0.15, 0.2) is 11.5 Å². The Morgan fingerprint density at radius 2 is 2.08 bits per heavy atom. The number of Topliss-reactive ketones (excluding diaryl/α,β-unsaturated/α-hetero) is 1. The van der Waals surface area contributed by atoms with Crippen LogP contribution in [0.25, 0.3) is 0 Å². The number of amides is 1. The second-order valence-electron chi connectivity index (χ2n) is 5.76. The number of nitrogens with zero attached hydrogens (tertiary/aromatic N) is 1. The van der Waals surface area contributed by atoms with Crippen LogP contribution in [0.15, 0.2) is 47.1 Å². The highest BCUT2D eigenvalue weighted by Gasteiger charge is 2.31. The van der Waals surface area contributed by atoms with E-state index in [0.29, 0.717) is 43.4 Å². The molecule has 2 aromatic rings. The quantitative estimate of drug-likeness (QED) is 0.755. The summed E-state index contributed by atoms with van der Waals surface area (Å²) >= 11 is 0. The normalized spacial score (nSPS) is 17.3. The number of carbonyl (C=O) groups excluding carboxylic acids is 2. The number of benzene rings is 1. The summed E-state index contributed by atoms with van der Waals surface area (Å²) < 4.78 is 16.2. The van der Waals surface area contributed by atoms with Gasteiger partial charge in [0.2, 0.25) is 0 Å². The van der Waals surface area contributed by atoms with E-state index >= 15 is 0 Å². The standard InChI is InChI=1S/C19H21NO5/c1-2-24-17-7-4-3-6-15(17)19(22)20-9-11-23-13-14(20)12-16(21)18-8-5-10-25-18/h3-8,10,14H,2,9,11-13H2,1H3/t14-/m1/s1. The Kier molecular flexibility index (Phi) is 5.50. The van der Waals surface area contributed by atoms with Crippen molar-refractivity contribution in [2.24, 2.45) is 0 Å². The fourth-order valence-corrected chi connectivity index (χ4v) is 2.92. The van der Waals surface area contributed by atoms with Crippen LogP contribution in [0.5, 0.6) is 5.75 Å². The van der Waals surface area contributed by atoms with Gasteiger partial charge in [0.05, 0.1) is 37.7 Å². The fourth-order valence-electron chi connectivity index (χ4n) is 2.92. The molecular formula is C19H21NO5. The Balaban J connectivity index is 1.78. The molecule has 1 amide bonds. The van der Waals surface area contributed by atoms with E-state index in [2.05, 4.69) is 0 Å².